The van der Waals surface area contributed by atoms with Crippen LogP contribution in [0.4, 0.5) is 17.5 Å². The molecule has 0 unspecified atom stereocenters. The number of benzene rings is 1. The third-order valence-electron chi connectivity index (χ3n) is 3.53. The molecule has 2 heterocycles. The number of hydrogen-bond donors (Lipinski definition) is 3. The number of rotatable bonds is 3. The summed E-state index contributed by atoms with van der Waals surface area (Å²) < 4.78 is 5.83. The molecule has 0 spiro atoms. The van der Waals surface area contributed by atoms with Crippen molar-refractivity contribution in [2.75, 3.05) is 23.8 Å². The molecule has 6 N–H and O–H groups in total. The van der Waals surface area contributed by atoms with Gasteiger partial charge in [-0.3, -0.25) is 0 Å². The fourth-order valence-electron chi connectivity index (χ4n) is 2.43. The fourth-order valence-corrected chi connectivity index (χ4v) is 3.42. The van der Waals surface area contributed by atoms with Crippen molar-refractivity contribution in [2.24, 2.45) is 0 Å². The number of anilines is 3. The highest BCUT2D eigenvalue weighted by Crippen LogP contribution is 2.37. The summed E-state index contributed by atoms with van der Waals surface area (Å²) in [4.78, 5) is 20.2. The van der Waals surface area contributed by atoms with Crippen LogP contribution in [0.3, 0.4) is 0 Å². The molecule has 126 valence electrons. The number of nitrogen functional groups attached to an aromatic ring is 3. The Hall–Kier alpha value is -3.38. The lowest BCUT2D eigenvalue weighted by Crippen LogP contribution is -2.05. The number of nitrogens with zero attached hydrogens (tertiary/aromatic N) is 3. The molecule has 1 aromatic carbocycles. The minimum atomic E-state index is -0.462. The van der Waals surface area contributed by atoms with Crippen LogP contribution in [-0.2, 0) is 4.74 Å². The van der Waals surface area contributed by atoms with E-state index in [1.165, 1.54) is 11.3 Å². The topological polar surface area (TPSA) is 154 Å². The molecule has 0 aliphatic carbocycles. The standard InChI is InChI=1S/C16H14N6O2S/c1-2-24-15(23)13-11(18)8-5-7(3-4-10(8)25-13)12-9(6-17)14(19)22-16(20)21-12/h3-5H,2,18H2,1H3,(H4,19,20,21,22). The maximum absolute atomic E-state index is 12.0. The van der Waals surface area contributed by atoms with E-state index in [1.54, 1.807) is 25.1 Å². The molecule has 25 heavy (non-hydrogen) atoms. The summed E-state index contributed by atoms with van der Waals surface area (Å²) in [5.74, 6) is -0.483. The van der Waals surface area contributed by atoms with Gasteiger partial charge in [0.05, 0.1) is 18.0 Å². The molecule has 0 radical (unpaired) electrons. The average molecular weight is 354 g/mol. The van der Waals surface area contributed by atoms with Crippen molar-refractivity contribution in [2.45, 2.75) is 6.92 Å². The first-order valence-electron chi connectivity index (χ1n) is 7.28. The van der Waals surface area contributed by atoms with Crippen LogP contribution in [0.5, 0.6) is 0 Å². The summed E-state index contributed by atoms with van der Waals surface area (Å²) >= 11 is 1.25. The molecule has 9 heteroatoms. The second kappa shape index (κ2) is 6.26. The third kappa shape index (κ3) is 2.79. The molecule has 8 nitrogen and oxygen atoms in total. The van der Waals surface area contributed by atoms with Crippen LogP contribution >= 0.6 is 11.3 Å². The van der Waals surface area contributed by atoms with Gasteiger partial charge in [0.25, 0.3) is 0 Å². The number of hydrogen-bond acceptors (Lipinski definition) is 9. The van der Waals surface area contributed by atoms with Crippen molar-refractivity contribution in [1.82, 2.24) is 9.97 Å². The number of carbonyl (C=O) groups is 1. The Bertz CT molecular complexity index is 1040. The Balaban J connectivity index is 2.19. The van der Waals surface area contributed by atoms with E-state index in [4.69, 9.17) is 21.9 Å². The van der Waals surface area contributed by atoms with Gasteiger partial charge in [0, 0.05) is 15.6 Å². The largest absolute Gasteiger partial charge is 0.462 e. The maximum atomic E-state index is 12.0. The highest BCUT2D eigenvalue weighted by molar-refractivity contribution is 7.21. The highest BCUT2D eigenvalue weighted by atomic mass is 32.1. The first-order chi connectivity index (χ1) is 12.0. The normalized spacial score (nSPS) is 10.6. The summed E-state index contributed by atoms with van der Waals surface area (Å²) in [5.41, 5.74) is 18.9. The average Bonchev–Trinajstić information content (AvgIpc) is 2.91. The molecule has 0 aliphatic rings. The summed E-state index contributed by atoms with van der Waals surface area (Å²) in [6.07, 6.45) is 0. The molecule has 0 aliphatic heterocycles. The van der Waals surface area contributed by atoms with Gasteiger partial charge in [0.15, 0.2) is 0 Å². The molecule has 0 atom stereocenters. The highest BCUT2D eigenvalue weighted by Gasteiger charge is 2.19. The molecule has 0 saturated carbocycles. The van der Waals surface area contributed by atoms with E-state index in [0.717, 1.165) is 4.70 Å². The van der Waals surface area contributed by atoms with E-state index in [0.29, 0.717) is 27.2 Å². The SMILES string of the molecule is CCOC(=O)c1sc2ccc(-c3nc(N)nc(N)c3C#N)cc2c1N. The third-order valence-corrected chi connectivity index (χ3v) is 4.69. The zero-order valence-electron chi connectivity index (χ0n) is 13.2. The number of nitriles is 1. The Morgan fingerprint density at radius 3 is 2.76 bits per heavy atom. The Morgan fingerprint density at radius 2 is 2.08 bits per heavy atom. The van der Waals surface area contributed by atoms with Gasteiger partial charge in [-0.2, -0.15) is 10.2 Å². The van der Waals surface area contributed by atoms with Crippen molar-refractivity contribution in [1.29, 1.82) is 5.26 Å². The van der Waals surface area contributed by atoms with E-state index in [2.05, 4.69) is 9.97 Å². The van der Waals surface area contributed by atoms with Gasteiger partial charge in [-0.05, 0) is 19.1 Å². The molecule has 2 aromatic heterocycles. The molecule has 0 bridgehead atoms. The van der Waals surface area contributed by atoms with E-state index >= 15 is 0 Å². The Kier molecular flexibility index (Phi) is 4.12. The number of nitrogens with two attached hydrogens (primary N) is 3. The lowest BCUT2D eigenvalue weighted by atomic mass is 10.0. The predicted molar refractivity (Wildman–Crippen MR) is 96.8 cm³/mol. The Labute approximate surface area is 146 Å². The first-order valence-corrected chi connectivity index (χ1v) is 8.10. The molecule has 3 aromatic rings. The molecular weight excluding hydrogens is 340 g/mol. The van der Waals surface area contributed by atoms with Gasteiger partial charge in [0.2, 0.25) is 5.95 Å². The van der Waals surface area contributed by atoms with E-state index in [9.17, 15) is 10.1 Å². The van der Waals surface area contributed by atoms with Gasteiger partial charge in [-0.15, -0.1) is 11.3 Å². The summed E-state index contributed by atoms with van der Waals surface area (Å²) in [5, 5.41) is 9.99. The quantitative estimate of drug-likeness (QED) is 0.604. The number of thiophene rings is 1. The smallest absolute Gasteiger partial charge is 0.350 e. The second-order valence-corrected chi connectivity index (χ2v) is 6.13. The van der Waals surface area contributed by atoms with E-state index in [-0.39, 0.29) is 23.9 Å². The molecular formula is C16H14N6O2S. The second-order valence-electron chi connectivity index (χ2n) is 5.08. The number of fused-ring (bicyclic) bond motifs is 1. The van der Waals surface area contributed by atoms with Crippen LogP contribution in [0.1, 0.15) is 22.2 Å². The molecule has 3 rings (SSSR count). The minimum absolute atomic E-state index is 0.00981. The number of carbonyl (C=O) groups excluding carboxylic acids is 1. The van der Waals surface area contributed by atoms with Crippen LogP contribution in [0.2, 0.25) is 0 Å². The van der Waals surface area contributed by atoms with Gasteiger partial charge in [-0.1, -0.05) is 6.07 Å². The number of aromatic nitrogens is 2. The van der Waals surface area contributed by atoms with Gasteiger partial charge < -0.3 is 21.9 Å². The molecule has 0 amide bonds. The summed E-state index contributed by atoms with van der Waals surface area (Å²) in [7, 11) is 0. The number of ether oxygens (including phenoxy) is 1. The minimum Gasteiger partial charge on any atom is -0.462 e. The van der Waals surface area contributed by atoms with Crippen molar-refractivity contribution >= 4 is 44.8 Å². The molecule has 0 saturated heterocycles. The first kappa shape index (κ1) is 16.5. The lowest BCUT2D eigenvalue weighted by molar-refractivity contribution is 0.0533. The van der Waals surface area contributed by atoms with E-state index in [1.807, 2.05) is 6.07 Å². The van der Waals surface area contributed by atoms with Crippen molar-refractivity contribution < 1.29 is 9.53 Å². The van der Waals surface area contributed by atoms with E-state index < -0.39 is 5.97 Å². The van der Waals surface area contributed by atoms with Crippen molar-refractivity contribution in [3.05, 3.63) is 28.6 Å². The van der Waals surface area contributed by atoms with Crippen LogP contribution in [-0.4, -0.2) is 22.5 Å². The zero-order valence-corrected chi connectivity index (χ0v) is 14.1. The van der Waals surface area contributed by atoms with Crippen molar-refractivity contribution in [3.63, 3.8) is 0 Å². The summed E-state index contributed by atoms with van der Waals surface area (Å²) in [6, 6.07) is 7.28. The van der Waals surface area contributed by atoms with Crippen LogP contribution in [0.25, 0.3) is 21.3 Å². The Morgan fingerprint density at radius 1 is 1.32 bits per heavy atom. The zero-order chi connectivity index (χ0) is 18.1. The van der Waals surface area contributed by atoms with Gasteiger partial charge in [-0.25, -0.2) is 9.78 Å². The van der Waals surface area contributed by atoms with Crippen molar-refractivity contribution in [3.8, 4) is 17.3 Å². The lowest BCUT2D eigenvalue weighted by Gasteiger charge is -2.07. The van der Waals surface area contributed by atoms with Crippen LogP contribution in [0.15, 0.2) is 18.2 Å². The fraction of sp³-hybridized carbons (Fsp3) is 0.125. The number of esters is 1. The monoisotopic (exact) mass is 354 g/mol. The predicted octanol–water partition coefficient (Wildman–Crippen LogP) is 2.15. The maximum Gasteiger partial charge on any atom is 0.350 e. The van der Waals surface area contributed by atoms with Crippen LogP contribution in [0, 0.1) is 11.3 Å². The van der Waals surface area contributed by atoms with Gasteiger partial charge >= 0.3 is 5.97 Å². The van der Waals surface area contributed by atoms with Gasteiger partial charge in [0.1, 0.15) is 22.3 Å². The van der Waals surface area contributed by atoms with Crippen LogP contribution < -0.4 is 17.2 Å². The molecule has 0 fully saturated rings. The summed E-state index contributed by atoms with van der Waals surface area (Å²) in [6.45, 7) is 2.00.